The summed E-state index contributed by atoms with van der Waals surface area (Å²) in [6, 6.07) is 18.3. The Kier molecular flexibility index (Phi) is 13.3. The fourth-order valence-corrected chi connectivity index (χ4v) is 4.04. The molecule has 0 heterocycles. The Morgan fingerprint density at radius 3 is 1.81 bits per heavy atom. The minimum Gasteiger partial charge on any atom is -0.320 e. The molecule has 0 saturated carbocycles. The summed E-state index contributed by atoms with van der Waals surface area (Å²) in [5, 5.41) is 3.07. The van der Waals surface area contributed by atoms with Gasteiger partial charge in [0.1, 0.15) is 0 Å². The first-order chi connectivity index (χ1) is 15.7. The number of aryl methyl sites for hydroxylation is 1. The largest absolute Gasteiger partial charge is 0.322 e. The maximum atomic E-state index is 12.9. The maximum Gasteiger partial charge on any atom is 0.322 e. The number of anilines is 1. The molecule has 0 aliphatic rings. The molecular formula is C29H44N2O. The van der Waals surface area contributed by atoms with Gasteiger partial charge in [-0.3, -0.25) is 0 Å². The zero-order valence-electron chi connectivity index (χ0n) is 20.5. The lowest BCUT2D eigenvalue weighted by molar-refractivity contribution is 0.207. The number of nitrogens with zero attached hydrogens (tertiary/aromatic N) is 1. The first-order valence-corrected chi connectivity index (χ1v) is 12.9. The number of unbranched alkanes of at least 4 members (excludes halogenated alkanes) is 11. The molecule has 0 spiro atoms. The lowest BCUT2D eigenvalue weighted by atomic mass is 10.1. The SMILES string of the molecule is CCCCCCCCCCCCCCN(Cc1ccccc1)C(=O)Nc1ccc(C)cc1. The van der Waals surface area contributed by atoms with Crippen molar-refractivity contribution in [1.82, 2.24) is 4.90 Å². The van der Waals surface area contributed by atoms with Gasteiger partial charge in [-0.25, -0.2) is 4.79 Å². The van der Waals surface area contributed by atoms with Crippen LogP contribution in [-0.4, -0.2) is 17.5 Å². The fourth-order valence-electron chi connectivity index (χ4n) is 4.04. The zero-order valence-corrected chi connectivity index (χ0v) is 20.5. The smallest absolute Gasteiger partial charge is 0.320 e. The number of nitrogens with one attached hydrogen (secondary N) is 1. The van der Waals surface area contributed by atoms with E-state index in [1.807, 2.05) is 47.4 Å². The number of amides is 2. The van der Waals surface area contributed by atoms with E-state index in [0.29, 0.717) is 6.54 Å². The lowest BCUT2D eigenvalue weighted by Gasteiger charge is -2.23. The Bertz CT molecular complexity index is 727. The lowest BCUT2D eigenvalue weighted by Crippen LogP contribution is -2.35. The van der Waals surface area contributed by atoms with Crippen LogP contribution in [0.1, 0.15) is 95.1 Å². The van der Waals surface area contributed by atoms with Crippen LogP contribution in [0.25, 0.3) is 0 Å². The van der Waals surface area contributed by atoms with Crippen LogP contribution in [0.3, 0.4) is 0 Å². The van der Waals surface area contributed by atoms with Gasteiger partial charge in [0.25, 0.3) is 0 Å². The predicted molar refractivity (Wildman–Crippen MR) is 138 cm³/mol. The van der Waals surface area contributed by atoms with E-state index in [4.69, 9.17) is 0 Å². The molecule has 3 heteroatoms. The molecule has 0 aliphatic carbocycles. The van der Waals surface area contributed by atoms with Crippen LogP contribution in [0.2, 0.25) is 0 Å². The van der Waals surface area contributed by atoms with Crippen molar-refractivity contribution in [2.45, 2.75) is 97.4 Å². The number of carbonyl (C=O) groups excluding carboxylic acids is 1. The average molecular weight is 437 g/mol. The van der Waals surface area contributed by atoms with E-state index in [1.54, 1.807) is 0 Å². The summed E-state index contributed by atoms with van der Waals surface area (Å²) < 4.78 is 0. The monoisotopic (exact) mass is 436 g/mol. The quantitative estimate of drug-likeness (QED) is 0.262. The Hall–Kier alpha value is -2.29. The Balaban J connectivity index is 1.68. The van der Waals surface area contributed by atoms with Crippen LogP contribution < -0.4 is 5.32 Å². The number of rotatable bonds is 16. The molecule has 2 aromatic rings. The fraction of sp³-hybridized carbons (Fsp3) is 0.552. The van der Waals surface area contributed by atoms with Gasteiger partial charge in [-0.1, -0.05) is 126 Å². The van der Waals surface area contributed by atoms with E-state index >= 15 is 0 Å². The van der Waals surface area contributed by atoms with Gasteiger partial charge in [-0.15, -0.1) is 0 Å². The van der Waals surface area contributed by atoms with Crippen molar-refractivity contribution in [3.05, 3.63) is 65.7 Å². The average Bonchev–Trinajstić information content (AvgIpc) is 2.81. The predicted octanol–water partition coefficient (Wildman–Crippen LogP) is 8.73. The van der Waals surface area contributed by atoms with Crippen molar-refractivity contribution >= 4 is 11.7 Å². The second-order valence-corrected chi connectivity index (χ2v) is 9.09. The van der Waals surface area contributed by atoms with Crippen LogP contribution in [0, 0.1) is 6.92 Å². The van der Waals surface area contributed by atoms with Crippen LogP contribution in [-0.2, 0) is 6.54 Å². The van der Waals surface area contributed by atoms with Crippen molar-refractivity contribution in [1.29, 1.82) is 0 Å². The van der Waals surface area contributed by atoms with Gasteiger partial charge in [0.15, 0.2) is 0 Å². The Morgan fingerprint density at radius 2 is 1.25 bits per heavy atom. The molecule has 0 radical (unpaired) electrons. The third kappa shape index (κ3) is 11.4. The van der Waals surface area contributed by atoms with Gasteiger partial charge in [0, 0.05) is 18.8 Å². The van der Waals surface area contributed by atoms with Gasteiger partial charge in [0.2, 0.25) is 0 Å². The molecule has 2 rings (SSSR count). The standard InChI is InChI=1S/C29H44N2O/c1-3-4-5-6-7-8-9-10-11-12-13-17-24-31(25-27-18-15-14-16-19-27)29(32)30-28-22-20-26(2)21-23-28/h14-16,18-23H,3-13,17,24-25H2,1-2H3,(H,30,32). The van der Waals surface area contributed by atoms with Crippen molar-refractivity contribution in [2.75, 3.05) is 11.9 Å². The topological polar surface area (TPSA) is 32.3 Å². The highest BCUT2D eigenvalue weighted by Gasteiger charge is 2.14. The maximum absolute atomic E-state index is 12.9. The highest BCUT2D eigenvalue weighted by atomic mass is 16.2. The van der Waals surface area contributed by atoms with E-state index < -0.39 is 0 Å². The molecule has 32 heavy (non-hydrogen) atoms. The molecule has 0 aliphatic heterocycles. The van der Waals surface area contributed by atoms with Crippen LogP contribution >= 0.6 is 0 Å². The van der Waals surface area contributed by atoms with Gasteiger partial charge >= 0.3 is 6.03 Å². The number of benzene rings is 2. The summed E-state index contributed by atoms with van der Waals surface area (Å²) >= 11 is 0. The van der Waals surface area contributed by atoms with Crippen molar-refractivity contribution in [2.24, 2.45) is 0 Å². The summed E-state index contributed by atoms with van der Waals surface area (Å²) in [6.45, 7) is 5.78. The molecule has 0 bridgehead atoms. The molecule has 0 unspecified atom stereocenters. The second-order valence-electron chi connectivity index (χ2n) is 9.09. The van der Waals surface area contributed by atoms with E-state index in [9.17, 15) is 4.79 Å². The summed E-state index contributed by atoms with van der Waals surface area (Å²) in [5.74, 6) is 0. The number of carbonyl (C=O) groups is 1. The molecule has 2 aromatic carbocycles. The van der Waals surface area contributed by atoms with Crippen LogP contribution in [0.4, 0.5) is 10.5 Å². The van der Waals surface area contributed by atoms with Crippen LogP contribution in [0.5, 0.6) is 0 Å². The summed E-state index contributed by atoms with van der Waals surface area (Å²) in [5.41, 5.74) is 3.22. The highest BCUT2D eigenvalue weighted by Crippen LogP contribution is 2.15. The van der Waals surface area contributed by atoms with Crippen LogP contribution in [0.15, 0.2) is 54.6 Å². The van der Waals surface area contributed by atoms with Gasteiger partial charge in [-0.2, -0.15) is 0 Å². The van der Waals surface area contributed by atoms with E-state index in [2.05, 4.69) is 31.3 Å². The molecule has 0 atom stereocenters. The molecule has 0 aromatic heterocycles. The Labute approximate surface area is 196 Å². The first-order valence-electron chi connectivity index (χ1n) is 12.9. The number of hydrogen-bond acceptors (Lipinski definition) is 1. The second kappa shape index (κ2) is 16.4. The third-order valence-corrected chi connectivity index (χ3v) is 6.09. The number of urea groups is 1. The molecule has 3 nitrogen and oxygen atoms in total. The van der Waals surface area contributed by atoms with Gasteiger partial charge in [0.05, 0.1) is 0 Å². The molecule has 176 valence electrons. The van der Waals surface area contributed by atoms with Gasteiger partial charge < -0.3 is 10.2 Å². The van der Waals surface area contributed by atoms with Crippen molar-refractivity contribution in [3.8, 4) is 0 Å². The first kappa shape index (κ1) is 26.0. The summed E-state index contributed by atoms with van der Waals surface area (Å²) in [7, 11) is 0. The normalized spacial score (nSPS) is 10.8. The zero-order chi connectivity index (χ0) is 22.9. The summed E-state index contributed by atoms with van der Waals surface area (Å²) in [4.78, 5) is 14.9. The van der Waals surface area contributed by atoms with Crippen molar-refractivity contribution in [3.63, 3.8) is 0 Å². The molecule has 2 amide bonds. The van der Waals surface area contributed by atoms with Gasteiger partial charge in [-0.05, 0) is 31.0 Å². The highest BCUT2D eigenvalue weighted by molar-refractivity contribution is 5.89. The Morgan fingerprint density at radius 1 is 0.719 bits per heavy atom. The summed E-state index contributed by atoms with van der Waals surface area (Å²) in [6.07, 6.45) is 15.9. The van der Waals surface area contributed by atoms with E-state index in [-0.39, 0.29) is 6.03 Å². The molecule has 0 saturated heterocycles. The minimum atomic E-state index is -0.0132. The third-order valence-electron chi connectivity index (χ3n) is 6.09. The molecule has 1 N–H and O–H groups in total. The van der Waals surface area contributed by atoms with E-state index in [1.165, 1.54) is 81.8 Å². The van der Waals surface area contributed by atoms with Crippen molar-refractivity contribution < 1.29 is 4.79 Å². The van der Waals surface area contributed by atoms with E-state index in [0.717, 1.165) is 18.7 Å². The molecule has 0 fully saturated rings. The minimum absolute atomic E-state index is 0.0132. The molecular weight excluding hydrogens is 392 g/mol. The number of hydrogen-bond donors (Lipinski definition) is 1.